The van der Waals surface area contributed by atoms with Gasteiger partial charge in [-0.05, 0) is 35.6 Å². The third-order valence-electron chi connectivity index (χ3n) is 3.91. The van der Waals surface area contributed by atoms with Crippen LogP contribution in [0.5, 0.6) is 5.75 Å². The Kier molecular flexibility index (Phi) is 6.82. The molecule has 0 saturated carbocycles. The number of nitrogens with one attached hydrogen (secondary N) is 1. The van der Waals surface area contributed by atoms with Gasteiger partial charge in [0, 0.05) is 6.54 Å². The summed E-state index contributed by atoms with van der Waals surface area (Å²) in [7, 11) is 0. The normalized spacial score (nSPS) is 12.0. The van der Waals surface area contributed by atoms with E-state index in [1.807, 2.05) is 68.4 Å². The Morgan fingerprint density at radius 1 is 1.04 bits per heavy atom. The molecule has 0 heterocycles. The summed E-state index contributed by atoms with van der Waals surface area (Å²) in [6.07, 6.45) is 0.773. The molecular formula is C20H26N2O2. The van der Waals surface area contributed by atoms with Crippen LogP contribution in [0.25, 0.3) is 0 Å². The van der Waals surface area contributed by atoms with Gasteiger partial charge in [-0.15, -0.1) is 0 Å². The number of hydrogen-bond donors (Lipinski definition) is 2. The molecule has 0 bridgehead atoms. The van der Waals surface area contributed by atoms with Crippen LogP contribution in [0.1, 0.15) is 25.0 Å². The maximum absolute atomic E-state index is 11.8. The quantitative estimate of drug-likeness (QED) is 0.784. The van der Waals surface area contributed by atoms with Crippen LogP contribution in [-0.2, 0) is 17.8 Å². The molecule has 3 N–H and O–H groups in total. The lowest BCUT2D eigenvalue weighted by Crippen LogP contribution is -2.44. The van der Waals surface area contributed by atoms with Crippen molar-refractivity contribution >= 4 is 5.91 Å². The van der Waals surface area contributed by atoms with Gasteiger partial charge in [-0.1, -0.05) is 56.3 Å². The van der Waals surface area contributed by atoms with E-state index in [4.69, 9.17) is 10.5 Å². The summed E-state index contributed by atoms with van der Waals surface area (Å²) in [4.78, 5) is 11.8. The Morgan fingerprint density at radius 2 is 1.71 bits per heavy atom. The third kappa shape index (κ3) is 5.70. The van der Waals surface area contributed by atoms with E-state index in [1.165, 1.54) is 0 Å². The number of ether oxygens (including phenoxy) is 1. The van der Waals surface area contributed by atoms with Crippen LogP contribution in [0.2, 0.25) is 0 Å². The molecular weight excluding hydrogens is 300 g/mol. The number of amides is 1. The molecule has 2 aromatic carbocycles. The van der Waals surface area contributed by atoms with Crippen molar-refractivity contribution in [2.75, 3.05) is 6.54 Å². The molecule has 0 spiro atoms. The fraction of sp³-hybridized carbons (Fsp3) is 0.350. The minimum Gasteiger partial charge on any atom is -0.489 e. The van der Waals surface area contributed by atoms with Gasteiger partial charge in [0.2, 0.25) is 5.91 Å². The monoisotopic (exact) mass is 326 g/mol. The molecule has 0 radical (unpaired) electrons. The van der Waals surface area contributed by atoms with Crippen LogP contribution in [0.3, 0.4) is 0 Å². The van der Waals surface area contributed by atoms with Gasteiger partial charge in [-0.3, -0.25) is 4.79 Å². The Morgan fingerprint density at radius 3 is 2.33 bits per heavy atom. The molecule has 0 fully saturated rings. The lowest BCUT2D eigenvalue weighted by atomic mass is 10.0. The van der Waals surface area contributed by atoms with Crippen molar-refractivity contribution in [2.24, 2.45) is 11.7 Å². The first-order valence-corrected chi connectivity index (χ1v) is 8.35. The van der Waals surface area contributed by atoms with E-state index >= 15 is 0 Å². The largest absolute Gasteiger partial charge is 0.489 e. The van der Waals surface area contributed by atoms with Gasteiger partial charge < -0.3 is 15.8 Å². The van der Waals surface area contributed by atoms with Crippen molar-refractivity contribution in [3.05, 3.63) is 65.7 Å². The predicted octanol–water partition coefficient (Wildman–Crippen LogP) is 2.91. The van der Waals surface area contributed by atoms with E-state index in [1.54, 1.807) is 0 Å². The molecule has 0 aliphatic heterocycles. The molecule has 4 heteroatoms. The summed E-state index contributed by atoms with van der Waals surface area (Å²) in [6.45, 7) is 5.03. The molecule has 2 aromatic rings. The zero-order chi connectivity index (χ0) is 17.4. The average Bonchev–Trinajstić information content (AvgIpc) is 2.61. The summed E-state index contributed by atoms with van der Waals surface area (Å²) in [5.74, 6) is 0.896. The van der Waals surface area contributed by atoms with Crippen molar-refractivity contribution in [3.63, 3.8) is 0 Å². The summed E-state index contributed by atoms with van der Waals surface area (Å²) in [5, 5.41) is 2.88. The Balaban J connectivity index is 1.75. The summed E-state index contributed by atoms with van der Waals surface area (Å²) in [6, 6.07) is 17.6. The van der Waals surface area contributed by atoms with Crippen molar-refractivity contribution in [1.29, 1.82) is 0 Å². The molecule has 0 aliphatic rings. The summed E-state index contributed by atoms with van der Waals surface area (Å²) < 4.78 is 5.76. The Labute approximate surface area is 144 Å². The lowest BCUT2D eigenvalue weighted by molar-refractivity contribution is -0.123. The van der Waals surface area contributed by atoms with Crippen LogP contribution < -0.4 is 15.8 Å². The number of carbonyl (C=O) groups is 1. The topological polar surface area (TPSA) is 64.4 Å². The Bertz CT molecular complexity index is 624. The second-order valence-electron chi connectivity index (χ2n) is 6.23. The molecule has 2 rings (SSSR count). The number of carbonyl (C=O) groups excluding carboxylic acids is 1. The molecule has 0 aliphatic carbocycles. The molecule has 128 valence electrons. The number of hydrogen-bond acceptors (Lipinski definition) is 3. The standard InChI is InChI=1S/C20H26N2O2/c1-15(2)19(21)20(23)22-13-12-16-8-10-18(11-9-16)24-14-17-6-4-3-5-7-17/h3-11,15,19H,12-14,21H2,1-2H3,(H,22,23). The van der Waals surface area contributed by atoms with Gasteiger partial charge >= 0.3 is 0 Å². The van der Waals surface area contributed by atoms with Crippen molar-refractivity contribution < 1.29 is 9.53 Å². The summed E-state index contributed by atoms with van der Waals surface area (Å²) >= 11 is 0. The highest BCUT2D eigenvalue weighted by Crippen LogP contribution is 2.14. The first-order valence-electron chi connectivity index (χ1n) is 8.35. The highest BCUT2D eigenvalue weighted by atomic mass is 16.5. The number of nitrogens with two attached hydrogens (primary N) is 1. The predicted molar refractivity (Wildman–Crippen MR) is 96.7 cm³/mol. The first kappa shape index (κ1) is 18.0. The van der Waals surface area contributed by atoms with Crippen LogP contribution in [-0.4, -0.2) is 18.5 Å². The smallest absolute Gasteiger partial charge is 0.237 e. The molecule has 24 heavy (non-hydrogen) atoms. The average molecular weight is 326 g/mol. The van der Waals surface area contributed by atoms with Gasteiger partial charge in [-0.25, -0.2) is 0 Å². The minimum absolute atomic E-state index is 0.0900. The summed E-state index contributed by atoms with van der Waals surface area (Å²) in [5.41, 5.74) is 8.11. The van der Waals surface area contributed by atoms with Crippen molar-refractivity contribution in [3.8, 4) is 5.75 Å². The fourth-order valence-electron chi connectivity index (χ4n) is 2.24. The molecule has 4 nitrogen and oxygen atoms in total. The van der Waals surface area contributed by atoms with E-state index in [9.17, 15) is 4.79 Å². The van der Waals surface area contributed by atoms with E-state index in [-0.39, 0.29) is 11.8 Å². The van der Waals surface area contributed by atoms with E-state index < -0.39 is 6.04 Å². The van der Waals surface area contributed by atoms with Crippen LogP contribution in [0.4, 0.5) is 0 Å². The van der Waals surface area contributed by atoms with Gasteiger partial charge in [0.05, 0.1) is 6.04 Å². The minimum atomic E-state index is -0.446. The number of benzene rings is 2. The maximum atomic E-state index is 11.8. The van der Waals surface area contributed by atoms with Gasteiger partial charge in [0.15, 0.2) is 0 Å². The fourth-order valence-corrected chi connectivity index (χ4v) is 2.24. The maximum Gasteiger partial charge on any atom is 0.237 e. The third-order valence-corrected chi connectivity index (χ3v) is 3.91. The van der Waals surface area contributed by atoms with Gasteiger partial charge in [0.25, 0.3) is 0 Å². The second-order valence-corrected chi connectivity index (χ2v) is 6.23. The molecule has 0 saturated heterocycles. The number of rotatable bonds is 8. The lowest BCUT2D eigenvalue weighted by Gasteiger charge is -2.15. The molecule has 1 atom stereocenters. The first-order chi connectivity index (χ1) is 11.6. The van der Waals surface area contributed by atoms with Crippen molar-refractivity contribution in [2.45, 2.75) is 32.9 Å². The molecule has 1 unspecified atom stereocenters. The zero-order valence-electron chi connectivity index (χ0n) is 14.4. The van der Waals surface area contributed by atoms with Gasteiger partial charge in [-0.2, -0.15) is 0 Å². The van der Waals surface area contributed by atoms with Gasteiger partial charge in [0.1, 0.15) is 12.4 Å². The molecule has 1 amide bonds. The van der Waals surface area contributed by atoms with E-state index in [2.05, 4.69) is 5.32 Å². The van der Waals surface area contributed by atoms with Crippen LogP contribution >= 0.6 is 0 Å². The SMILES string of the molecule is CC(C)C(N)C(=O)NCCc1ccc(OCc2ccccc2)cc1. The zero-order valence-corrected chi connectivity index (χ0v) is 14.4. The second kappa shape index (κ2) is 9.08. The highest BCUT2D eigenvalue weighted by Gasteiger charge is 2.16. The highest BCUT2D eigenvalue weighted by molar-refractivity contribution is 5.81. The Hall–Kier alpha value is -2.33. The van der Waals surface area contributed by atoms with E-state index in [0.29, 0.717) is 13.2 Å². The van der Waals surface area contributed by atoms with Crippen LogP contribution in [0, 0.1) is 5.92 Å². The van der Waals surface area contributed by atoms with Crippen LogP contribution in [0.15, 0.2) is 54.6 Å². The van der Waals surface area contributed by atoms with Crippen molar-refractivity contribution in [1.82, 2.24) is 5.32 Å². The molecule has 0 aromatic heterocycles. The van der Waals surface area contributed by atoms with E-state index in [0.717, 1.165) is 23.3 Å².